The molecule has 1 N–H and O–H groups in total. The molecule has 0 unspecified atom stereocenters. The number of carbonyl (C=O) groups excluding carboxylic acids is 1. The summed E-state index contributed by atoms with van der Waals surface area (Å²) in [4.78, 5) is 16.7. The van der Waals surface area contributed by atoms with Crippen molar-refractivity contribution >= 4 is 28.6 Å². The van der Waals surface area contributed by atoms with E-state index in [1.54, 1.807) is 6.07 Å². The highest BCUT2D eigenvalue weighted by molar-refractivity contribution is 8.00. The highest BCUT2D eigenvalue weighted by atomic mass is 32.2. The van der Waals surface area contributed by atoms with Crippen molar-refractivity contribution in [1.29, 1.82) is 0 Å². The van der Waals surface area contributed by atoms with Gasteiger partial charge >= 0.3 is 5.97 Å². The number of aromatic nitrogens is 1. The lowest BCUT2D eigenvalue weighted by Crippen LogP contribution is -2.27. The van der Waals surface area contributed by atoms with Crippen molar-refractivity contribution in [3.05, 3.63) is 65.2 Å². The van der Waals surface area contributed by atoms with E-state index in [0.29, 0.717) is 23.9 Å². The predicted octanol–water partition coefficient (Wildman–Crippen LogP) is 8.54. The van der Waals surface area contributed by atoms with Gasteiger partial charge in [-0.2, -0.15) is 0 Å². The van der Waals surface area contributed by atoms with Gasteiger partial charge in [0.1, 0.15) is 10.5 Å². The van der Waals surface area contributed by atoms with Gasteiger partial charge in [0.05, 0.1) is 19.7 Å². The molecule has 3 aromatic rings. The maximum absolute atomic E-state index is 12.1. The summed E-state index contributed by atoms with van der Waals surface area (Å²) >= 11 is 1.48. The smallest absolute Gasteiger partial charge is 0.343 e. The molecule has 1 heterocycles. The van der Waals surface area contributed by atoms with E-state index in [-0.39, 0.29) is 5.88 Å². The Morgan fingerprint density at radius 2 is 1.54 bits per heavy atom. The second kappa shape index (κ2) is 15.9. The number of pyridine rings is 1. The number of esters is 1. The summed E-state index contributed by atoms with van der Waals surface area (Å²) < 4.78 is 10.2. The molecule has 1 atom stereocenters. The Bertz CT molecular complexity index is 1180. The van der Waals surface area contributed by atoms with Crippen LogP contribution in [0.1, 0.15) is 99.5 Å². The average Bonchev–Trinajstić information content (AvgIpc) is 2.95. The van der Waals surface area contributed by atoms with Gasteiger partial charge in [0.2, 0.25) is 5.88 Å². The lowest BCUT2D eigenvalue weighted by Gasteiger charge is -2.28. The van der Waals surface area contributed by atoms with Crippen molar-refractivity contribution in [1.82, 2.24) is 4.98 Å². The van der Waals surface area contributed by atoms with Crippen molar-refractivity contribution in [2.75, 3.05) is 14.2 Å². The Labute approximate surface area is 238 Å². The molecule has 0 aliphatic carbocycles. The van der Waals surface area contributed by atoms with Crippen LogP contribution in [0.4, 0.5) is 0 Å². The van der Waals surface area contributed by atoms with Gasteiger partial charge < -0.3 is 14.6 Å². The molecule has 6 heteroatoms. The zero-order valence-corrected chi connectivity index (χ0v) is 24.9. The number of nitrogens with zero attached hydrogens (tertiary/aromatic N) is 1. The number of hydrogen-bond acceptors (Lipinski definition) is 6. The van der Waals surface area contributed by atoms with Crippen molar-refractivity contribution < 1.29 is 19.4 Å². The second-order valence-electron chi connectivity index (χ2n) is 10.4. The number of aliphatic hydroxyl groups is 1. The molecule has 0 saturated carbocycles. The van der Waals surface area contributed by atoms with E-state index in [1.165, 1.54) is 76.5 Å². The normalized spacial score (nSPS) is 12.8. The number of unbranched alkanes of at least 4 members (excludes halogenated alkanes) is 7. The van der Waals surface area contributed by atoms with E-state index in [4.69, 9.17) is 9.47 Å². The van der Waals surface area contributed by atoms with Crippen LogP contribution in [0.25, 0.3) is 10.9 Å². The van der Waals surface area contributed by atoms with Crippen molar-refractivity contribution in [2.45, 2.75) is 101 Å². The van der Waals surface area contributed by atoms with Gasteiger partial charge in [0.15, 0.2) is 0 Å². The molecule has 3 rings (SSSR count). The Hall–Kier alpha value is -2.57. The fraction of sp³-hybridized carbons (Fsp3) is 0.515. The van der Waals surface area contributed by atoms with E-state index in [0.717, 1.165) is 35.1 Å². The van der Waals surface area contributed by atoms with Gasteiger partial charge in [-0.1, -0.05) is 101 Å². The van der Waals surface area contributed by atoms with E-state index >= 15 is 0 Å². The molecule has 39 heavy (non-hydrogen) atoms. The van der Waals surface area contributed by atoms with Crippen molar-refractivity contribution in [3.8, 4) is 5.88 Å². The van der Waals surface area contributed by atoms with Crippen LogP contribution in [0.2, 0.25) is 0 Å². The first kappa shape index (κ1) is 31.0. The Balaban J connectivity index is 1.68. The molecular formula is C33H45NO4S. The summed E-state index contributed by atoms with van der Waals surface area (Å²) in [7, 11) is 2.83. The number of benzene rings is 2. The number of hydrogen-bond donors (Lipinski definition) is 1. The monoisotopic (exact) mass is 551 g/mol. The summed E-state index contributed by atoms with van der Waals surface area (Å²) in [6.07, 6.45) is 13.6. The van der Waals surface area contributed by atoms with Crippen LogP contribution >= 0.6 is 11.8 Å². The third-order valence-corrected chi connectivity index (χ3v) is 8.37. The van der Waals surface area contributed by atoms with Crippen LogP contribution in [0.3, 0.4) is 0 Å². The third-order valence-electron chi connectivity index (χ3n) is 7.15. The highest BCUT2D eigenvalue weighted by Gasteiger charge is 2.28. The van der Waals surface area contributed by atoms with E-state index < -0.39 is 10.9 Å². The predicted molar refractivity (Wildman–Crippen MR) is 162 cm³/mol. The van der Waals surface area contributed by atoms with Gasteiger partial charge in [-0.25, -0.2) is 9.78 Å². The second-order valence-corrected chi connectivity index (χ2v) is 11.8. The molecule has 0 saturated heterocycles. The topological polar surface area (TPSA) is 68.7 Å². The fourth-order valence-electron chi connectivity index (χ4n) is 4.88. The zero-order chi connectivity index (χ0) is 28.1. The van der Waals surface area contributed by atoms with E-state index in [1.807, 2.05) is 18.2 Å². The van der Waals surface area contributed by atoms with Gasteiger partial charge in [-0.05, 0) is 55.0 Å². The fourth-order valence-corrected chi connectivity index (χ4v) is 6.11. The molecule has 212 valence electrons. The van der Waals surface area contributed by atoms with Crippen LogP contribution in [-0.2, 0) is 17.6 Å². The Morgan fingerprint density at radius 3 is 2.21 bits per heavy atom. The van der Waals surface area contributed by atoms with Crippen LogP contribution in [-0.4, -0.2) is 35.2 Å². The first-order chi connectivity index (χ1) is 18.9. The molecule has 2 aromatic carbocycles. The minimum Gasteiger partial charge on any atom is -0.480 e. The number of ether oxygens (including phenoxy) is 2. The summed E-state index contributed by atoms with van der Waals surface area (Å²) in [5.41, 5.74) is 3.52. The quantitative estimate of drug-likeness (QED) is 0.0785. The van der Waals surface area contributed by atoms with Gasteiger partial charge in [0.25, 0.3) is 0 Å². The van der Waals surface area contributed by atoms with E-state index in [9.17, 15) is 9.90 Å². The molecule has 0 bridgehead atoms. The minimum absolute atomic E-state index is 0.231. The Kier molecular flexibility index (Phi) is 12.6. The van der Waals surface area contributed by atoms with Gasteiger partial charge in [0, 0.05) is 16.7 Å². The third kappa shape index (κ3) is 9.54. The largest absolute Gasteiger partial charge is 0.480 e. The number of rotatable bonds is 17. The number of aryl methyl sites for hydroxylation is 1. The first-order valence-corrected chi connectivity index (χ1v) is 15.3. The lowest BCUT2D eigenvalue weighted by atomic mass is 9.99. The van der Waals surface area contributed by atoms with Crippen LogP contribution in [0.5, 0.6) is 5.88 Å². The highest BCUT2D eigenvalue weighted by Crippen LogP contribution is 2.39. The molecule has 0 fully saturated rings. The molecular weight excluding hydrogens is 506 g/mol. The molecule has 0 radical (unpaired) electrons. The first-order valence-electron chi connectivity index (χ1n) is 14.5. The lowest BCUT2D eigenvalue weighted by molar-refractivity contribution is 0.0596. The zero-order valence-electron chi connectivity index (χ0n) is 24.1. The number of carbonyl (C=O) groups is 1. The number of fused-ring (bicyclic) bond motifs is 1. The van der Waals surface area contributed by atoms with Crippen LogP contribution in [0.15, 0.2) is 53.4 Å². The maximum Gasteiger partial charge on any atom is 0.343 e. The van der Waals surface area contributed by atoms with Gasteiger partial charge in [-0.3, -0.25) is 0 Å². The average molecular weight is 552 g/mol. The van der Waals surface area contributed by atoms with Crippen molar-refractivity contribution in [3.63, 3.8) is 0 Å². The number of methoxy groups -OCH3 is 2. The minimum atomic E-state index is -0.931. The van der Waals surface area contributed by atoms with E-state index in [2.05, 4.69) is 43.1 Å². The number of thioether (sulfide) groups is 1. The molecule has 0 aliphatic heterocycles. The van der Waals surface area contributed by atoms with Crippen LogP contribution in [0, 0.1) is 0 Å². The molecule has 0 aliphatic rings. The standard InChI is InChI=1S/C33H45NO4S/c1-5-7-9-10-11-12-13-14-25-15-17-26(18-16-25)24-33(36,21-8-6-2)39-28-20-19-27-22-29(32(35)38-4)31(37-3)34-30(27)23-28/h15-20,22-23,36H,5-14,21,24H2,1-4H3/t33-/m0/s1. The Morgan fingerprint density at radius 1 is 0.872 bits per heavy atom. The van der Waals surface area contributed by atoms with Crippen molar-refractivity contribution in [2.24, 2.45) is 0 Å². The summed E-state index contributed by atoms with van der Waals surface area (Å²) in [5, 5.41) is 12.6. The summed E-state index contributed by atoms with van der Waals surface area (Å²) in [6.45, 7) is 4.41. The molecule has 0 amide bonds. The molecule has 1 aromatic heterocycles. The molecule has 0 spiro atoms. The van der Waals surface area contributed by atoms with Crippen LogP contribution < -0.4 is 4.74 Å². The molecule has 5 nitrogen and oxygen atoms in total. The maximum atomic E-state index is 12.1. The summed E-state index contributed by atoms with van der Waals surface area (Å²) in [6, 6.07) is 16.4. The SMILES string of the molecule is CCCCCCCCCc1ccc(C[C@](O)(CCCC)Sc2ccc3cc(C(=O)OC)c(OC)nc3c2)cc1. The van der Waals surface area contributed by atoms with Gasteiger partial charge in [-0.15, -0.1) is 0 Å². The summed E-state index contributed by atoms with van der Waals surface area (Å²) in [5.74, 6) is -0.253.